The maximum Gasteiger partial charge on any atom is 0.303 e. The molecule has 25 heteroatoms. The second kappa shape index (κ2) is 28.4. The molecule has 6 rings (SSSR count). The lowest BCUT2D eigenvalue weighted by molar-refractivity contribution is -0.289. The number of aromatic amines is 2. The van der Waals surface area contributed by atoms with E-state index in [0.717, 1.165) is 69.7 Å². The maximum atomic E-state index is 12.1. The summed E-state index contributed by atoms with van der Waals surface area (Å²) in [6.07, 6.45) is -12.0. The van der Waals surface area contributed by atoms with Gasteiger partial charge in [0, 0.05) is 90.7 Å². The van der Waals surface area contributed by atoms with E-state index in [4.69, 9.17) is 61.6 Å². The van der Waals surface area contributed by atoms with Crippen LogP contribution in [0.2, 0.25) is 0 Å². The topological polar surface area (TPSA) is 314 Å². The fraction of sp³-hybridized carbons (Fsp3) is 0.509. The molecule has 4 heterocycles. The Bertz CT molecular complexity index is 2710. The largest absolute Gasteiger partial charge is 0.491 e. The van der Waals surface area contributed by atoms with Crippen LogP contribution in [0.15, 0.2) is 54.6 Å². The minimum atomic E-state index is -1.39. The quantitative estimate of drug-likeness (QED) is 0.0919. The van der Waals surface area contributed by atoms with E-state index in [1.165, 1.54) is 13.8 Å². The Morgan fingerprint density at radius 2 is 0.821 bits per heavy atom. The van der Waals surface area contributed by atoms with Crippen molar-refractivity contribution in [3.63, 3.8) is 0 Å². The highest BCUT2D eigenvalue weighted by Gasteiger charge is 2.55. The smallest absolute Gasteiger partial charge is 0.303 e. The van der Waals surface area contributed by atoms with Gasteiger partial charge in [0.1, 0.15) is 31.2 Å². The summed E-state index contributed by atoms with van der Waals surface area (Å²) in [6, 6.07) is 17.2. The average molecular weight is 1100 g/mol. The number of H-pyrrole nitrogens is 2. The predicted octanol–water partition coefficient (Wildman–Crippen LogP) is 4.33. The molecule has 0 bridgehead atoms. The summed E-state index contributed by atoms with van der Waals surface area (Å²) in [7, 11) is 0. The molecule has 0 aliphatic carbocycles. The van der Waals surface area contributed by atoms with Gasteiger partial charge in [-0.2, -0.15) is 0 Å². The number of nitrogens with zero attached hydrogens (tertiary/aromatic N) is 2. The molecule has 10 atom stereocenters. The van der Waals surface area contributed by atoms with Crippen LogP contribution in [0.25, 0.3) is 0 Å². The Morgan fingerprint density at radius 3 is 1.17 bits per heavy atom. The molecule has 2 saturated heterocycles. The van der Waals surface area contributed by atoms with Gasteiger partial charge in [0.2, 0.25) is 36.5 Å². The summed E-state index contributed by atoms with van der Waals surface area (Å²) >= 11 is 0. The predicted molar refractivity (Wildman–Crippen MR) is 266 cm³/mol. The number of benzene rings is 2. The van der Waals surface area contributed by atoms with Gasteiger partial charge < -0.3 is 61.6 Å². The van der Waals surface area contributed by atoms with E-state index in [2.05, 4.69) is 20.4 Å². The number of esters is 8. The van der Waals surface area contributed by atoms with Crippen molar-refractivity contribution in [3.8, 4) is 17.5 Å². The van der Waals surface area contributed by atoms with Gasteiger partial charge in [0.05, 0.1) is 6.10 Å². The first-order chi connectivity index (χ1) is 36.9. The third kappa shape index (κ3) is 18.0. The third-order valence-corrected chi connectivity index (χ3v) is 11.3. The number of aryl methyl sites for hydroxylation is 2. The number of carbonyl (C=O) groups is 8. The Hall–Kier alpha value is -8.06. The molecule has 2 aliphatic heterocycles. The summed E-state index contributed by atoms with van der Waals surface area (Å²) in [5, 5.41) is 14.2. The summed E-state index contributed by atoms with van der Waals surface area (Å²) in [6.45, 7) is 16.1. The average Bonchev–Trinajstić information content (AvgIpc) is 3.96. The lowest BCUT2D eigenvalue weighted by Gasteiger charge is -2.43. The number of aromatic nitrogens is 4. The lowest BCUT2D eigenvalue weighted by atomic mass is 9.98. The van der Waals surface area contributed by atoms with Crippen molar-refractivity contribution >= 4 is 47.8 Å². The number of carbonyl (C=O) groups excluding carboxylic acids is 8. The summed E-state index contributed by atoms with van der Waals surface area (Å²) in [5.41, 5.74) is 4.81. The number of nitrogens with one attached hydrogen (secondary N) is 2. The zero-order valence-corrected chi connectivity index (χ0v) is 45.3. The summed E-state index contributed by atoms with van der Waals surface area (Å²) < 4.78 is 72.7. The van der Waals surface area contributed by atoms with Gasteiger partial charge in [0.25, 0.3) is 0 Å². The molecule has 0 amide bonds. The minimum absolute atomic E-state index is 0.0403. The molecule has 78 heavy (non-hydrogen) atoms. The van der Waals surface area contributed by atoms with Crippen LogP contribution in [0.1, 0.15) is 103 Å². The molecule has 0 unspecified atom stereocenters. The summed E-state index contributed by atoms with van der Waals surface area (Å²) in [5.74, 6) is -4.53. The highest BCUT2D eigenvalue weighted by atomic mass is 16.8. The Labute approximate surface area is 449 Å². The van der Waals surface area contributed by atoms with Gasteiger partial charge in [-0.15, -0.1) is 10.2 Å². The highest BCUT2D eigenvalue weighted by Crippen LogP contribution is 2.35. The monoisotopic (exact) mass is 1090 g/mol. The summed E-state index contributed by atoms with van der Waals surface area (Å²) in [4.78, 5) is 95.0. The molecular weight excluding hydrogens is 1030 g/mol. The molecule has 4 aromatic rings. The molecular formula is C53H66N4O21. The van der Waals surface area contributed by atoms with Gasteiger partial charge in [-0.05, 0) is 51.0 Å². The number of hydrogen-bond acceptors (Lipinski definition) is 23. The second-order valence-corrected chi connectivity index (χ2v) is 18.3. The van der Waals surface area contributed by atoms with E-state index in [1.807, 2.05) is 82.3 Å². The third-order valence-electron chi connectivity index (χ3n) is 11.3. The minimum Gasteiger partial charge on any atom is -0.491 e. The first-order valence-electron chi connectivity index (χ1n) is 24.7. The fourth-order valence-electron chi connectivity index (χ4n) is 8.22. The highest BCUT2D eigenvalue weighted by molar-refractivity contribution is 5.70. The van der Waals surface area contributed by atoms with Crippen LogP contribution < -0.4 is 14.2 Å². The van der Waals surface area contributed by atoms with Crippen molar-refractivity contribution < 1.29 is 99.9 Å². The lowest BCUT2D eigenvalue weighted by Crippen LogP contribution is -2.63. The molecule has 2 fully saturated rings. The first kappa shape index (κ1) is 60.8. The van der Waals surface area contributed by atoms with E-state index in [-0.39, 0.29) is 31.1 Å². The van der Waals surface area contributed by atoms with E-state index in [1.54, 1.807) is 0 Å². The van der Waals surface area contributed by atoms with Gasteiger partial charge in [-0.1, -0.05) is 42.5 Å². The first-order valence-corrected chi connectivity index (χ1v) is 24.7. The number of hydrogen-bond donors (Lipinski definition) is 2. The second-order valence-electron chi connectivity index (χ2n) is 18.3. The van der Waals surface area contributed by atoms with Gasteiger partial charge >= 0.3 is 47.8 Å². The number of rotatable bonds is 20. The molecule has 0 radical (unpaired) electrons. The van der Waals surface area contributed by atoms with Crippen LogP contribution in [0.4, 0.5) is 0 Å². The van der Waals surface area contributed by atoms with Crippen molar-refractivity contribution in [2.75, 3.05) is 13.2 Å². The SMILES string of the molecule is CC(=O)OC[C@H]1O[C@@H](Oc2n[nH]c(C)c2Cc2ccc(OC(C)C)cc2)[C@H](OC(C)=O)[C@@H](OC(C)=O)[C@@H]1OC(C)=O.CC(=O)OC[C@H]1O[C@@H](Oc2n[nH]c(C)c2Cc2ccccc2)[C@H](OC(C)=O)[C@@H](OC(C)=O)[C@@H]1OC(C)=O. The van der Waals surface area contributed by atoms with Gasteiger partial charge in [0.15, 0.2) is 24.4 Å². The Kier molecular flexibility index (Phi) is 22.1. The Balaban J connectivity index is 0.000000289. The van der Waals surface area contributed by atoms with Crippen LogP contribution in [0.5, 0.6) is 17.5 Å². The van der Waals surface area contributed by atoms with Crippen LogP contribution in [-0.2, 0) is 98.6 Å². The molecule has 2 aromatic carbocycles. The van der Waals surface area contributed by atoms with E-state index in [9.17, 15) is 38.4 Å². The maximum absolute atomic E-state index is 12.1. The van der Waals surface area contributed by atoms with Crippen LogP contribution >= 0.6 is 0 Å². The Morgan fingerprint density at radius 1 is 0.474 bits per heavy atom. The normalized spacial score (nSPS) is 22.5. The van der Waals surface area contributed by atoms with Crippen LogP contribution in [0, 0.1) is 13.8 Å². The fourth-order valence-corrected chi connectivity index (χ4v) is 8.22. The molecule has 0 spiro atoms. The van der Waals surface area contributed by atoms with Crippen LogP contribution in [-0.4, -0.2) is 149 Å². The zero-order chi connectivity index (χ0) is 57.4. The van der Waals surface area contributed by atoms with Crippen molar-refractivity contribution in [2.24, 2.45) is 0 Å². The van der Waals surface area contributed by atoms with Crippen molar-refractivity contribution in [1.82, 2.24) is 20.4 Å². The van der Waals surface area contributed by atoms with Crippen molar-refractivity contribution in [3.05, 3.63) is 88.2 Å². The van der Waals surface area contributed by atoms with Crippen LogP contribution in [0.3, 0.4) is 0 Å². The standard InChI is InChI=1S/C28H36N2O11.C25H30N2O10/c1-14(2)36-21-10-8-20(9-11-21)12-22-15(3)29-30-27(22)41-28-26(39-19(7)34)25(38-18(6)33)24(37-17(5)32)23(40-28)13-35-16(4)31;1-13-19(11-18-9-7-6-8-10-18)24(27-26-13)37-25-23(35-17(5)31)22(34-16(4)30)21(33-15(3)29)20(36-25)12-32-14(2)28/h8-11,14,23-26,28H,12-13H2,1-7H3,(H,29,30);6-10,20-23,25H,11-12H2,1-5H3,(H,26,27)/t23-,24-,25+,26-,28+;20-,21-,22+,23-,25+/m11/s1. The molecule has 25 nitrogen and oxygen atoms in total. The van der Waals surface area contributed by atoms with Crippen molar-refractivity contribution in [2.45, 2.75) is 163 Å². The molecule has 2 aromatic heterocycles. The molecule has 2 N–H and O–H groups in total. The zero-order valence-electron chi connectivity index (χ0n) is 45.3. The van der Waals surface area contributed by atoms with E-state index in [0.29, 0.717) is 24.1 Å². The van der Waals surface area contributed by atoms with E-state index < -0.39 is 109 Å². The molecule has 424 valence electrons. The molecule has 0 saturated carbocycles. The number of ether oxygens (including phenoxy) is 13. The van der Waals surface area contributed by atoms with E-state index >= 15 is 0 Å². The molecule has 2 aliphatic rings. The van der Waals surface area contributed by atoms with Gasteiger partial charge in [-0.25, -0.2) is 0 Å². The van der Waals surface area contributed by atoms with Gasteiger partial charge in [-0.3, -0.25) is 48.6 Å². The van der Waals surface area contributed by atoms with Crippen molar-refractivity contribution in [1.29, 1.82) is 0 Å².